The summed E-state index contributed by atoms with van der Waals surface area (Å²) >= 11 is 6.13. The third-order valence-corrected chi connectivity index (χ3v) is 5.13. The van der Waals surface area contributed by atoms with Gasteiger partial charge in [0, 0.05) is 40.0 Å². The molecule has 0 aromatic heterocycles. The summed E-state index contributed by atoms with van der Waals surface area (Å²) in [7, 11) is 0. The minimum atomic E-state index is -1.33. The largest absolute Gasteiger partial charge is 0.545 e. The van der Waals surface area contributed by atoms with E-state index in [9.17, 15) is 14.7 Å². The van der Waals surface area contributed by atoms with Crippen molar-refractivity contribution >= 4 is 29.6 Å². The Hall–Kier alpha value is -3.31. The Labute approximate surface area is 180 Å². The molecule has 0 aliphatic carbocycles. The van der Waals surface area contributed by atoms with Crippen LogP contribution in [0, 0.1) is 0 Å². The summed E-state index contributed by atoms with van der Waals surface area (Å²) in [5, 5.41) is 18.2. The van der Waals surface area contributed by atoms with Gasteiger partial charge in [-0.1, -0.05) is 66.2 Å². The lowest BCUT2D eigenvalue weighted by Crippen LogP contribution is -2.39. The summed E-state index contributed by atoms with van der Waals surface area (Å²) in [6.07, 6.45) is 3.75. The summed E-state index contributed by atoms with van der Waals surface area (Å²) in [6.45, 7) is 3.71. The number of carboxylic acids is 1. The number of carbonyl (C=O) groups excluding carboxylic acids is 2. The van der Waals surface area contributed by atoms with Crippen molar-refractivity contribution < 1.29 is 14.7 Å². The summed E-state index contributed by atoms with van der Waals surface area (Å²) in [5.74, 6) is -2.46. The van der Waals surface area contributed by atoms with Gasteiger partial charge in [-0.2, -0.15) is 0 Å². The fraction of sp³-hybridized carbons (Fsp3) is 0.167. The molecule has 1 aliphatic heterocycles. The van der Waals surface area contributed by atoms with Crippen LogP contribution in [0.2, 0.25) is 5.02 Å². The molecule has 1 heterocycles. The van der Waals surface area contributed by atoms with E-state index >= 15 is 0 Å². The van der Waals surface area contributed by atoms with E-state index in [0.29, 0.717) is 34.1 Å². The lowest BCUT2D eigenvalue weighted by atomic mass is 9.80. The zero-order valence-electron chi connectivity index (χ0n) is 16.7. The van der Waals surface area contributed by atoms with Crippen LogP contribution in [0.5, 0.6) is 0 Å². The molecule has 1 atom stereocenters. The van der Waals surface area contributed by atoms with E-state index in [1.165, 1.54) is 0 Å². The zero-order chi connectivity index (χ0) is 21.7. The smallest absolute Gasteiger partial charge is 0.250 e. The van der Waals surface area contributed by atoms with Crippen LogP contribution in [-0.4, -0.2) is 18.4 Å². The first kappa shape index (κ1) is 21.4. The average Bonchev–Trinajstić information content (AvgIpc) is 2.71. The molecule has 2 aromatic carbocycles. The minimum Gasteiger partial charge on any atom is -0.545 e. The highest BCUT2D eigenvalue weighted by Gasteiger charge is 2.33. The van der Waals surface area contributed by atoms with Gasteiger partial charge in [0.1, 0.15) is 0 Å². The number of carbonyl (C=O) groups is 2. The second-order valence-corrected chi connectivity index (χ2v) is 7.44. The van der Waals surface area contributed by atoms with Gasteiger partial charge in [-0.25, -0.2) is 0 Å². The first-order chi connectivity index (χ1) is 14.4. The highest BCUT2D eigenvalue weighted by atomic mass is 35.5. The van der Waals surface area contributed by atoms with Gasteiger partial charge in [0.05, 0.1) is 5.97 Å². The fourth-order valence-electron chi connectivity index (χ4n) is 3.59. The number of aliphatic carboxylic acids is 1. The summed E-state index contributed by atoms with van der Waals surface area (Å²) in [6, 6.07) is 16.6. The highest BCUT2D eigenvalue weighted by molar-refractivity contribution is 6.30. The molecule has 0 fully saturated rings. The van der Waals surface area contributed by atoms with Gasteiger partial charge < -0.3 is 20.5 Å². The van der Waals surface area contributed by atoms with Crippen molar-refractivity contribution in [3.63, 3.8) is 0 Å². The van der Waals surface area contributed by atoms with Gasteiger partial charge in [-0.05, 0) is 37.1 Å². The number of allylic oxidation sites excluding steroid dienone is 2. The molecule has 30 heavy (non-hydrogen) atoms. The molecule has 1 unspecified atom stereocenters. The number of hydrogen-bond acceptors (Lipinski definition) is 4. The van der Waals surface area contributed by atoms with Gasteiger partial charge in [0.25, 0.3) is 0 Å². The number of nitrogens with one attached hydrogen (secondary N) is 2. The Morgan fingerprint density at radius 1 is 1.07 bits per heavy atom. The van der Waals surface area contributed by atoms with Crippen LogP contribution in [0.15, 0.2) is 83.2 Å². The van der Waals surface area contributed by atoms with Crippen LogP contribution < -0.4 is 15.7 Å². The van der Waals surface area contributed by atoms with E-state index in [-0.39, 0.29) is 11.5 Å². The van der Waals surface area contributed by atoms with Crippen molar-refractivity contribution in [1.82, 2.24) is 10.6 Å². The van der Waals surface area contributed by atoms with E-state index in [2.05, 4.69) is 10.6 Å². The van der Waals surface area contributed by atoms with Crippen molar-refractivity contribution in [2.24, 2.45) is 0 Å². The molecule has 0 spiro atoms. The molecule has 6 heteroatoms. The molecule has 0 saturated heterocycles. The van der Waals surface area contributed by atoms with E-state index in [4.69, 9.17) is 11.6 Å². The second-order valence-electron chi connectivity index (χ2n) is 7.00. The average molecular weight is 422 g/mol. The van der Waals surface area contributed by atoms with Crippen molar-refractivity contribution in [3.05, 3.63) is 99.4 Å². The molecular formula is C24H22ClN2O3-. The van der Waals surface area contributed by atoms with Crippen molar-refractivity contribution in [2.75, 3.05) is 6.54 Å². The second kappa shape index (κ2) is 9.46. The van der Waals surface area contributed by atoms with Crippen molar-refractivity contribution in [2.45, 2.75) is 19.8 Å². The molecular weight excluding hydrogens is 400 g/mol. The zero-order valence-corrected chi connectivity index (χ0v) is 17.5. The van der Waals surface area contributed by atoms with Gasteiger partial charge in [-0.15, -0.1) is 0 Å². The highest BCUT2D eigenvalue weighted by Crippen LogP contribution is 2.38. The molecule has 154 valence electrons. The maximum Gasteiger partial charge on any atom is 0.250 e. The third kappa shape index (κ3) is 4.81. The molecule has 1 amide bonds. The summed E-state index contributed by atoms with van der Waals surface area (Å²) in [4.78, 5) is 25.0. The topological polar surface area (TPSA) is 81.3 Å². The number of benzene rings is 2. The molecule has 2 aromatic rings. The predicted molar refractivity (Wildman–Crippen MR) is 116 cm³/mol. The summed E-state index contributed by atoms with van der Waals surface area (Å²) in [5.41, 5.74) is 3.02. The SMILES string of the molecule is CC1=C(C(=O)[O-])C(c2cccc(Cl)c2)C(C(=O)NC/C=C/c2ccccc2)=C(C)N1. The number of dihydropyridines is 1. The normalized spacial score (nSPS) is 16.6. The molecule has 2 N–H and O–H groups in total. The van der Waals surface area contributed by atoms with Crippen LogP contribution in [0.4, 0.5) is 0 Å². The minimum absolute atomic E-state index is 0.0212. The number of halogens is 1. The van der Waals surface area contributed by atoms with Gasteiger partial charge in [-0.3, -0.25) is 4.79 Å². The van der Waals surface area contributed by atoms with Crippen LogP contribution in [0.3, 0.4) is 0 Å². The first-order valence-electron chi connectivity index (χ1n) is 9.53. The van der Waals surface area contributed by atoms with Gasteiger partial charge >= 0.3 is 0 Å². The van der Waals surface area contributed by atoms with Crippen molar-refractivity contribution in [1.29, 1.82) is 0 Å². The van der Waals surface area contributed by atoms with Crippen LogP contribution >= 0.6 is 11.6 Å². The Morgan fingerprint density at radius 2 is 1.77 bits per heavy atom. The molecule has 5 nitrogen and oxygen atoms in total. The van der Waals surface area contributed by atoms with Gasteiger partial charge in [0.15, 0.2) is 0 Å². The maximum absolute atomic E-state index is 13.1. The molecule has 3 rings (SSSR count). The molecule has 1 aliphatic rings. The van der Waals surface area contributed by atoms with Crippen LogP contribution in [-0.2, 0) is 9.59 Å². The van der Waals surface area contributed by atoms with E-state index in [1.807, 2.05) is 42.5 Å². The fourth-order valence-corrected chi connectivity index (χ4v) is 3.79. The number of carboxylic acid groups (broad SMARTS) is 1. The number of rotatable bonds is 6. The lowest BCUT2D eigenvalue weighted by molar-refractivity contribution is -0.299. The lowest BCUT2D eigenvalue weighted by Gasteiger charge is -2.32. The predicted octanol–water partition coefficient (Wildman–Crippen LogP) is 3.15. The van der Waals surface area contributed by atoms with Crippen LogP contribution in [0.25, 0.3) is 6.08 Å². The third-order valence-electron chi connectivity index (χ3n) is 4.90. The quantitative estimate of drug-likeness (QED) is 0.750. The molecule has 0 radical (unpaired) electrons. The van der Waals surface area contributed by atoms with Crippen LogP contribution in [0.1, 0.15) is 30.9 Å². The van der Waals surface area contributed by atoms with E-state index in [0.717, 1.165) is 5.56 Å². The van der Waals surface area contributed by atoms with Gasteiger partial charge in [0.2, 0.25) is 5.91 Å². The number of hydrogen-bond donors (Lipinski definition) is 2. The Kier molecular flexibility index (Phi) is 6.75. The first-order valence-corrected chi connectivity index (χ1v) is 9.91. The Bertz CT molecular complexity index is 1060. The standard InChI is InChI=1S/C24H23ClN2O3/c1-15-20(23(28)26-13-7-10-17-8-4-3-5-9-17)22(18-11-6-12-19(25)14-18)21(24(29)30)16(2)27-15/h3-12,14,22,27H,13H2,1-2H3,(H,26,28)(H,29,30)/p-1/b10-7+. The summed E-state index contributed by atoms with van der Waals surface area (Å²) < 4.78 is 0. The molecule has 0 saturated carbocycles. The van der Waals surface area contributed by atoms with Crippen molar-refractivity contribution in [3.8, 4) is 0 Å². The molecule has 0 bridgehead atoms. The Balaban J connectivity index is 1.88. The maximum atomic E-state index is 13.1. The van der Waals surface area contributed by atoms with E-state index < -0.39 is 11.9 Å². The number of amides is 1. The monoisotopic (exact) mass is 421 g/mol. The van der Waals surface area contributed by atoms with E-state index in [1.54, 1.807) is 38.1 Å². The Morgan fingerprint density at radius 3 is 2.43 bits per heavy atom.